The molecule has 2 atom stereocenters. The average molecular weight is 373 g/mol. The van der Waals surface area contributed by atoms with E-state index < -0.39 is 0 Å². The summed E-state index contributed by atoms with van der Waals surface area (Å²) >= 11 is 0. The molecule has 0 spiro atoms. The zero-order chi connectivity index (χ0) is 18.8. The monoisotopic (exact) mass is 373 g/mol. The predicted molar refractivity (Wildman–Crippen MR) is 99.7 cm³/mol. The molecule has 0 N–H and O–H groups in total. The second kappa shape index (κ2) is 7.86. The lowest BCUT2D eigenvalue weighted by molar-refractivity contribution is 0.0362. The number of ether oxygens (including phenoxy) is 2. The molecule has 3 aliphatic heterocycles. The minimum atomic E-state index is -0.241. The van der Waals surface area contributed by atoms with Gasteiger partial charge < -0.3 is 14.4 Å². The number of aryl methyl sites for hydroxylation is 1. The minimum absolute atomic E-state index is 0.0115. The largest absolute Gasteiger partial charge is 0.442 e. The van der Waals surface area contributed by atoms with Gasteiger partial charge in [0.05, 0.1) is 25.8 Å². The molecular formula is C20H27N3O4. The average Bonchev–Trinajstić information content (AvgIpc) is 3.20. The fourth-order valence-electron chi connectivity index (χ4n) is 4.18. The van der Waals surface area contributed by atoms with Gasteiger partial charge in [-0.05, 0) is 25.5 Å². The number of carbonyl (C=O) groups excluding carboxylic acids is 2. The number of fused-ring (bicyclic) bond motifs is 1. The van der Waals surface area contributed by atoms with Crippen LogP contribution in [-0.2, 0) is 9.47 Å². The van der Waals surface area contributed by atoms with E-state index in [2.05, 4.69) is 4.90 Å². The van der Waals surface area contributed by atoms with E-state index in [1.54, 1.807) is 0 Å². The van der Waals surface area contributed by atoms with Crippen LogP contribution in [0.15, 0.2) is 24.3 Å². The van der Waals surface area contributed by atoms with E-state index in [0.717, 1.165) is 44.8 Å². The first-order valence-electron chi connectivity index (χ1n) is 9.75. The number of morpholine rings is 1. The Bertz CT molecular complexity index is 704. The van der Waals surface area contributed by atoms with Gasteiger partial charge in [0.1, 0.15) is 6.10 Å². The Morgan fingerprint density at radius 3 is 2.78 bits per heavy atom. The van der Waals surface area contributed by atoms with Crippen molar-refractivity contribution in [3.8, 4) is 0 Å². The van der Waals surface area contributed by atoms with Crippen LogP contribution in [-0.4, -0.2) is 91.3 Å². The van der Waals surface area contributed by atoms with E-state index in [9.17, 15) is 9.59 Å². The molecule has 0 radical (unpaired) electrons. The molecule has 7 heteroatoms. The van der Waals surface area contributed by atoms with Gasteiger partial charge in [0.2, 0.25) is 0 Å². The Kier molecular flexibility index (Phi) is 5.31. The Hall–Kier alpha value is -2.12. The van der Waals surface area contributed by atoms with Crippen molar-refractivity contribution in [1.82, 2.24) is 14.7 Å². The van der Waals surface area contributed by atoms with Crippen molar-refractivity contribution >= 4 is 12.0 Å². The van der Waals surface area contributed by atoms with Gasteiger partial charge in [0, 0.05) is 38.3 Å². The van der Waals surface area contributed by atoms with Crippen molar-refractivity contribution in [1.29, 1.82) is 0 Å². The van der Waals surface area contributed by atoms with Crippen molar-refractivity contribution < 1.29 is 19.1 Å². The predicted octanol–water partition coefficient (Wildman–Crippen LogP) is 1.36. The zero-order valence-corrected chi connectivity index (χ0v) is 15.8. The number of nitrogens with zero attached hydrogens (tertiary/aromatic N) is 3. The number of hydrogen-bond donors (Lipinski definition) is 0. The Morgan fingerprint density at radius 1 is 1.19 bits per heavy atom. The second-order valence-corrected chi connectivity index (χ2v) is 7.57. The van der Waals surface area contributed by atoms with E-state index in [1.165, 1.54) is 0 Å². The Labute approximate surface area is 159 Å². The summed E-state index contributed by atoms with van der Waals surface area (Å²) < 4.78 is 10.9. The smallest absolute Gasteiger partial charge is 0.410 e. The third-order valence-corrected chi connectivity index (χ3v) is 5.65. The highest BCUT2D eigenvalue weighted by atomic mass is 16.6. The summed E-state index contributed by atoms with van der Waals surface area (Å²) in [5.74, 6) is 0.0115. The molecule has 0 saturated carbocycles. The number of benzene rings is 1. The van der Waals surface area contributed by atoms with Gasteiger partial charge in [0.25, 0.3) is 5.91 Å². The van der Waals surface area contributed by atoms with E-state index in [1.807, 2.05) is 41.0 Å². The number of hydrogen-bond acceptors (Lipinski definition) is 5. The van der Waals surface area contributed by atoms with Crippen LogP contribution < -0.4 is 0 Å². The third kappa shape index (κ3) is 3.94. The third-order valence-electron chi connectivity index (χ3n) is 5.65. The molecule has 3 aliphatic rings. The summed E-state index contributed by atoms with van der Waals surface area (Å²) in [7, 11) is 0. The van der Waals surface area contributed by atoms with E-state index in [0.29, 0.717) is 25.2 Å². The topological polar surface area (TPSA) is 62.3 Å². The minimum Gasteiger partial charge on any atom is -0.442 e. The number of carbonyl (C=O) groups is 2. The lowest BCUT2D eigenvalue weighted by atomic mass is 10.1. The van der Waals surface area contributed by atoms with Crippen LogP contribution in [0.2, 0.25) is 0 Å². The molecule has 4 rings (SSSR count). The molecule has 3 heterocycles. The van der Waals surface area contributed by atoms with Gasteiger partial charge >= 0.3 is 6.09 Å². The highest BCUT2D eigenvalue weighted by molar-refractivity contribution is 5.94. The van der Waals surface area contributed by atoms with Crippen LogP contribution in [0.1, 0.15) is 22.3 Å². The highest BCUT2D eigenvalue weighted by Gasteiger charge is 2.48. The molecule has 0 aromatic heterocycles. The standard InChI is InChI=1S/C20H27N3O4/c1-15-4-2-5-16(12-15)19(24)22-13-17-18(14-22)27-20(25)23(17)7-3-6-21-8-10-26-11-9-21/h2,4-5,12,17-18H,3,6-11,13-14H2,1H3/t17-,18+/m1/s1. The van der Waals surface area contributed by atoms with E-state index in [-0.39, 0.29) is 24.1 Å². The fourth-order valence-corrected chi connectivity index (χ4v) is 4.18. The highest BCUT2D eigenvalue weighted by Crippen LogP contribution is 2.28. The molecule has 0 aliphatic carbocycles. The van der Waals surface area contributed by atoms with Crippen LogP contribution in [0, 0.1) is 6.92 Å². The molecule has 1 aromatic rings. The van der Waals surface area contributed by atoms with Gasteiger partial charge in [-0.1, -0.05) is 17.7 Å². The first-order valence-corrected chi connectivity index (χ1v) is 9.75. The SMILES string of the molecule is Cc1cccc(C(=O)N2C[C@@H]3OC(=O)N(CCCN4CCOCC4)[C@@H]3C2)c1. The number of likely N-dealkylation sites (tertiary alicyclic amines) is 1. The van der Waals surface area contributed by atoms with E-state index in [4.69, 9.17) is 9.47 Å². The molecule has 27 heavy (non-hydrogen) atoms. The zero-order valence-electron chi connectivity index (χ0n) is 15.8. The molecule has 3 saturated heterocycles. The lowest BCUT2D eigenvalue weighted by Crippen LogP contribution is -2.42. The van der Waals surface area contributed by atoms with Gasteiger partial charge in [-0.2, -0.15) is 0 Å². The fraction of sp³-hybridized carbons (Fsp3) is 0.600. The van der Waals surface area contributed by atoms with Gasteiger partial charge in [-0.25, -0.2) is 4.79 Å². The summed E-state index contributed by atoms with van der Waals surface area (Å²) in [6.07, 6.45) is 0.453. The molecule has 2 amide bonds. The normalized spacial score (nSPS) is 25.6. The maximum absolute atomic E-state index is 12.8. The van der Waals surface area contributed by atoms with Crippen molar-refractivity contribution in [2.45, 2.75) is 25.5 Å². The van der Waals surface area contributed by atoms with Crippen LogP contribution in [0.25, 0.3) is 0 Å². The summed E-state index contributed by atoms with van der Waals surface area (Å²) in [4.78, 5) is 31.0. The van der Waals surface area contributed by atoms with Crippen LogP contribution in [0.3, 0.4) is 0 Å². The first-order chi connectivity index (χ1) is 13.1. The van der Waals surface area contributed by atoms with Crippen LogP contribution in [0.4, 0.5) is 4.79 Å². The second-order valence-electron chi connectivity index (χ2n) is 7.57. The molecule has 1 aromatic carbocycles. The number of amides is 2. The van der Waals surface area contributed by atoms with Crippen molar-refractivity contribution in [2.75, 3.05) is 52.5 Å². The molecule has 7 nitrogen and oxygen atoms in total. The maximum atomic E-state index is 12.8. The van der Waals surface area contributed by atoms with Crippen LogP contribution in [0.5, 0.6) is 0 Å². The van der Waals surface area contributed by atoms with Gasteiger partial charge in [-0.15, -0.1) is 0 Å². The van der Waals surface area contributed by atoms with Crippen LogP contribution >= 0.6 is 0 Å². The summed E-state index contributed by atoms with van der Waals surface area (Å²) in [6, 6.07) is 7.60. The van der Waals surface area contributed by atoms with Crippen molar-refractivity contribution in [3.63, 3.8) is 0 Å². The maximum Gasteiger partial charge on any atom is 0.410 e. The first kappa shape index (κ1) is 18.3. The molecule has 0 unspecified atom stereocenters. The van der Waals surface area contributed by atoms with Crippen molar-refractivity contribution in [2.24, 2.45) is 0 Å². The summed E-state index contributed by atoms with van der Waals surface area (Å²) in [5, 5.41) is 0. The van der Waals surface area contributed by atoms with Gasteiger partial charge in [-0.3, -0.25) is 14.6 Å². The van der Waals surface area contributed by atoms with E-state index >= 15 is 0 Å². The number of rotatable bonds is 5. The lowest BCUT2D eigenvalue weighted by Gasteiger charge is -2.28. The molecule has 0 bridgehead atoms. The van der Waals surface area contributed by atoms with Gasteiger partial charge in [0.15, 0.2) is 0 Å². The quantitative estimate of drug-likeness (QED) is 0.780. The Morgan fingerprint density at radius 2 is 2.00 bits per heavy atom. The molecule has 146 valence electrons. The summed E-state index contributed by atoms with van der Waals surface area (Å²) in [5.41, 5.74) is 1.76. The molecule has 3 fully saturated rings. The molecular weight excluding hydrogens is 346 g/mol. The van der Waals surface area contributed by atoms with Crippen molar-refractivity contribution in [3.05, 3.63) is 35.4 Å². The summed E-state index contributed by atoms with van der Waals surface area (Å²) in [6.45, 7) is 8.10. The Balaban J connectivity index is 1.33.